The van der Waals surface area contributed by atoms with Gasteiger partial charge in [-0.15, -0.1) is 0 Å². The van der Waals surface area contributed by atoms with Gasteiger partial charge < -0.3 is 19.5 Å². The fourth-order valence-corrected chi connectivity index (χ4v) is 3.52. The van der Waals surface area contributed by atoms with Crippen LogP contribution >= 0.6 is 11.8 Å². The van der Waals surface area contributed by atoms with Crippen LogP contribution in [0.25, 0.3) is 0 Å². The molecule has 0 spiro atoms. The molecule has 1 aromatic rings. The maximum atomic E-state index is 12.2. The second-order valence-electron chi connectivity index (χ2n) is 5.36. The lowest BCUT2D eigenvalue weighted by Crippen LogP contribution is -2.31. The number of nitrogens with zero attached hydrogens (tertiary/aromatic N) is 1. The molecule has 0 aliphatic carbocycles. The lowest BCUT2D eigenvalue weighted by atomic mass is 9.86. The van der Waals surface area contributed by atoms with Crippen molar-refractivity contribution in [1.82, 2.24) is 5.32 Å². The van der Waals surface area contributed by atoms with Gasteiger partial charge in [0.2, 0.25) is 5.91 Å². The molecule has 1 aliphatic heterocycles. The molecule has 2 rings (SSSR count). The van der Waals surface area contributed by atoms with Crippen molar-refractivity contribution in [2.75, 3.05) is 26.6 Å². The molecule has 26 heavy (non-hydrogen) atoms. The van der Waals surface area contributed by atoms with Crippen LogP contribution < -0.4 is 14.8 Å². The Labute approximate surface area is 156 Å². The van der Waals surface area contributed by atoms with Gasteiger partial charge in [-0.3, -0.25) is 9.59 Å². The van der Waals surface area contributed by atoms with Gasteiger partial charge in [0.05, 0.1) is 43.3 Å². The number of thioether (sulfide) groups is 1. The van der Waals surface area contributed by atoms with E-state index in [2.05, 4.69) is 11.4 Å². The van der Waals surface area contributed by atoms with Crippen molar-refractivity contribution in [1.29, 1.82) is 5.26 Å². The second-order valence-corrected chi connectivity index (χ2v) is 6.35. The molecule has 1 atom stereocenters. The zero-order chi connectivity index (χ0) is 19.1. The standard InChI is InChI=1S/C18H20N2O5S/c1-4-25-17(22)10-26-18-14(9-19)12(8-16(21)20-18)13-7-11(23-2)5-6-15(13)24-3/h5-7,12H,4,8,10H2,1-3H3,(H,20,21). The minimum absolute atomic E-state index is 0.0105. The van der Waals surface area contributed by atoms with Crippen molar-refractivity contribution in [3.05, 3.63) is 34.4 Å². The van der Waals surface area contributed by atoms with E-state index in [0.29, 0.717) is 27.7 Å². The highest BCUT2D eigenvalue weighted by Gasteiger charge is 2.32. The third-order valence-corrected chi connectivity index (χ3v) is 4.80. The lowest BCUT2D eigenvalue weighted by molar-refractivity contribution is -0.139. The molecule has 1 aromatic carbocycles. The number of allylic oxidation sites excluding steroid dienone is 1. The molecule has 0 aromatic heterocycles. The summed E-state index contributed by atoms with van der Waals surface area (Å²) in [5.41, 5.74) is 1.07. The van der Waals surface area contributed by atoms with Gasteiger partial charge in [-0.25, -0.2) is 0 Å². The molecular weight excluding hydrogens is 356 g/mol. The number of ether oxygens (including phenoxy) is 3. The van der Waals surface area contributed by atoms with Gasteiger partial charge in [0, 0.05) is 17.9 Å². The van der Waals surface area contributed by atoms with Crippen LogP contribution in [0.1, 0.15) is 24.8 Å². The molecule has 1 aliphatic rings. The Morgan fingerprint density at radius 1 is 1.38 bits per heavy atom. The van der Waals surface area contributed by atoms with E-state index >= 15 is 0 Å². The van der Waals surface area contributed by atoms with Crippen molar-refractivity contribution in [3.8, 4) is 17.6 Å². The van der Waals surface area contributed by atoms with E-state index in [4.69, 9.17) is 14.2 Å². The number of benzene rings is 1. The van der Waals surface area contributed by atoms with Gasteiger partial charge >= 0.3 is 5.97 Å². The highest BCUT2D eigenvalue weighted by atomic mass is 32.2. The van der Waals surface area contributed by atoms with Gasteiger partial charge in [0.25, 0.3) is 0 Å². The molecule has 7 nitrogen and oxygen atoms in total. The average molecular weight is 376 g/mol. The Morgan fingerprint density at radius 3 is 2.77 bits per heavy atom. The number of methoxy groups -OCH3 is 2. The van der Waals surface area contributed by atoms with E-state index in [9.17, 15) is 14.9 Å². The Hall–Kier alpha value is -2.66. The molecule has 0 radical (unpaired) electrons. The molecule has 138 valence electrons. The van der Waals surface area contributed by atoms with Crippen molar-refractivity contribution in [3.63, 3.8) is 0 Å². The maximum Gasteiger partial charge on any atom is 0.316 e. The minimum atomic E-state index is -0.483. The summed E-state index contributed by atoms with van der Waals surface area (Å²) in [5.74, 6) is 0.0560. The van der Waals surface area contributed by atoms with Crippen LogP contribution in [0.15, 0.2) is 28.8 Å². The first-order valence-electron chi connectivity index (χ1n) is 7.98. The van der Waals surface area contributed by atoms with Crippen LogP contribution in [0.3, 0.4) is 0 Å². The molecule has 0 bridgehead atoms. The Kier molecular flexibility index (Phi) is 6.92. The Morgan fingerprint density at radius 2 is 2.15 bits per heavy atom. The van der Waals surface area contributed by atoms with Crippen molar-refractivity contribution in [2.45, 2.75) is 19.3 Å². The van der Waals surface area contributed by atoms with E-state index in [0.717, 1.165) is 11.8 Å². The summed E-state index contributed by atoms with van der Waals surface area (Å²) in [6, 6.07) is 7.40. The Balaban J connectivity index is 2.41. The summed E-state index contributed by atoms with van der Waals surface area (Å²) in [5, 5.41) is 12.7. The Bertz CT molecular complexity index is 769. The number of rotatable bonds is 7. The molecule has 8 heteroatoms. The molecule has 0 fully saturated rings. The predicted octanol–water partition coefficient (Wildman–Crippen LogP) is 2.34. The molecular formula is C18H20N2O5S. The molecule has 0 saturated carbocycles. The van der Waals surface area contributed by atoms with E-state index in [1.54, 1.807) is 32.2 Å². The fraction of sp³-hybridized carbons (Fsp3) is 0.389. The zero-order valence-electron chi connectivity index (χ0n) is 14.8. The van der Waals surface area contributed by atoms with Crippen LogP contribution in [0.2, 0.25) is 0 Å². The molecule has 1 N–H and O–H groups in total. The predicted molar refractivity (Wildman–Crippen MR) is 96.8 cm³/mol. The highest BCUT2D eigenvalue weighted by molar-refractivity contribution is 8.03. The molecule has 1 unspecified atom stereocenters. The smallest absolute Gasteiger partial charge is 0.316 e. The van der Waals surface area contributed by atoms with Crippen LogP contribution in [0, 0.1) is 11.3 Å². The van der Waals surface area contributed by atoms with Gasteiger partial charge in [0.15, 0.2) is 0 Å². The van der Waals surface area contributed by atoms with Gasteiger partial charge in [-0.05, 0) is 25.1 Å². The minimum Gasteiger partial charge on any atom is -0.497 e. The zero-order valence-corrected chi connectivity index (χ0v) is 15.6. The summed E-state index contributed by atoms with van der Waals surface area (Å²) < 4.78 is 15.5. The number of carbonyl (C=O) groups is 2. The first-order valence-corrected chi connectivity index (χ1v) is 8.97. The van der Waals surface area contributed by atoms with Crippen LogP contribution in [0.5, 0.6) is 11.5 Å². The second kappa shape index (κ2) is 9.15. The SMILES string of the molecule is CCOC(=O)CSC1=C(C#N)C(c2cc(OC)ccc2OC)CC(=O)N1. The summed E-state index contributed by atoms with van der Waals surface area (Å²) >= 11 is 1.08. The lowest BCUT2D eigenvalue weighted by Gasteiger charge is -2.26. The van der Waals surface area contributed by atoms with Crippen LogP contribution in [0.4, 0.5) is 0 Å². The van der Waals surface area contributed by atoms with E-state index in [1.807, 2.05) is 0 Å². The summed E-state index contributed by atoms with van der Waals surface area (Å²) in [7, 11) is 3.07. The number of hydrogen-bond acceptors (Lipinski definition) is 7. The summed E-state index contributed by atoms with van der Waals surface area (Å²) in [6.45, 7) is 2.00. The third kappa shape index (κ3) is 4.49. The normalized spacial score (nSPS) is 16.5. The van der Waals surface area contributed by atoms with Crippen LogP contribution in [-0.4, -0.2) is 38.5 Å². The fourth-order valence-electron chi connectivity index (χ4n) is 2.64. The average Bonchev–Trinajstić information content (AvgIpc) is 2.65. The van der Waals surface area contributed by atoms with Crippen LogP contribution in [-0.2, 0) is 14.3 Å². The molecule has 0 saturated heterocycles. The maximum absolute atomic E-state index is 12.2. The summed E-state index contributed by atoms with van der Waals surface area (Å²) in [6.07, 6.45) is 0.107. The molecule has 1 heterocycles. The van der Waals surface area contributed by atoms with Gasteiger partial charge in [0.1, 0.15) is 11.5 Å². The van der Waals surface area contributed by atoms with E-state index in [1.165, 1.54) is 7.11 Å². The van der Waals surface area contributed by atoms with Crippen molar-refractivity contribution in [2.24, 2.45) is 0 Å². The number of carbonyl (C=O) groups excluding carboxylic acids is 2. The summed E-state index contributed by atoms with van der Waals surface area (Å²) in [4.78, 5) is 23.8. The van der Waals surface area contributed by atoms with Crippen molar-refractivity contribution >= 4 is 23.6 Å². The number of nitrogens with one attached hydrogen (secondary N) is 1. The third-order valence-electron chi connectivity index (χ3n) is 3.81. The first-order chi connectivity index (χ1) is 12.5. The number of amides is 1. The van der Waals surface area contributed by atoms with E-state index < -0.39 is 11.9 Å². The number of esters is 1. The monoisotopic (exact) mass is 376 g/mol. The molecule has 1 amide bonds. The van der Waals surface area contributed by atoms with E-state index in [-0.39, 0.29) is 24.7 Å². The quantitative estimate of drug-likeness (QED) is 0.729. The van der Waals surface area contributed by atoms with Gasteiger partial charge in [-0.2, -0.15) is 5.26 Å². The largest absolute Gasteiger partial charge is 0.497 e. The number of hydrogen-bond donors (Lipinski definition) is 1. The number of nitriles is 1. The topological polar surface area (TPSA) is 97.7 Å². The van der Waals surface area contributed by atoms with Gasteiger partial charge in [-0.1, -0.05) is 11.8 Å². The van der Waals surface area contributed by atoms with Crippen molar-refractivity contribution < 1.29 is 23.8 Å². The highest BCUT2D eigenvalue weighted by Crippen LogP contribution is 2.41. The first kappa shape index (κ1) is 19.7.